The van der Waals surface area contributed by atoms with Crippen LogP contribution in [0.25, 0.3) is 0 Å². The minimum Gasteiger partial charge on any atom is -0.459 e. The van der Waals surface area contributed by atoms with Crippen LogP contribution in [0.2, 0.25) is 0 Å². The van der Waals surface area contributed by atoms with Crippen LogP contribution in [-0.2, 0) is 61.8 Å². The fraction of sp³-hybridized carbons (Fsp3) is 0.917. The Morgan fingerprint density at radius 3 is 1.87 bits per heavy atom. The number of ether oxygens (including phenoxy) is 9. The molecule has 22 atom stereocenters. The first kappa shape index (κ1) is 57.2. The largest absolute Gasteiger partial charge is 0.459 e. The third-order valence-electron chi connectivity index (χ3n) is 14.9. The summed E-state index contributed by atoms with van der Waals surface area (Å²) < 4.78 is 58.0. The predicted molar refractivity (Wildman–Crippen MR) is 240 cm³/mol. The molecule has 0 aromatic heterocycles. The first-order valence-electron chi connectivity index (χ1n) is 24.3. The van der Waals surface area contributed by atoms with Crippen molar-refractivity contribution >= 4 is 23.7 Å². The summed E-state index contributed by atoms with van der Waals surface area (Å²) in [4.78, 5) is 56.1. The summed E-state index contributed by atoms with van der Waals surface area (Å²) >= 11 is 0. The van der Waals surface area contributed by atoms with Crippen LogP contribution in [0.3, 0.4) is 0 Å². The van der Waals surface area contributed by atoms with Crippen molar-refractivity contribution in [2.24, 2.45) is 23.7 Å². The summed E-state index contributed by atoms with van der Waals surface area (Å²) in [5.74, 6) is -6.62. The lowest BCUT2D eigenvalue weighted by Gasteiger charge is -2.51. The number of Topliss-reactive ketones (excluding diaryl/α,β-unsaturated/α-hetero) is 1. The number of aliphatic hydroxyl groups excluding tert-OH is 3. The molecule has 0 radical (unpaired) electrons. The normalized spacial score (nSPS) is 46.4. The zero-order valence-electron chi connectivity index (χ0n) is 43.1. The summed E-state index contributed by atoms with van der Waals surface area (Å²) in [6, 6.07) is -0.631. The number of likely N-dealkylation sites (N-methyl/N-ethyl adjacent to an activating group) is 2. The maximum absolute atomic E-state index is 14.7. The molecule has 0 saturated carbocycles. The van der Waals surface area contributed by atoms with Crippen LogP contribution in [0.4, 0.5) is 0 Å². The van der Waals surface area contributed by atoms with E-state index in [1.54, 1.807) is 55.4 Å². The summed E-state index contributed by atoms with van der Waals surface area (Å²) in [7, 11) is 7.72. The quantitative estimate of drug-likeness (QED) is 0.117. The minimum absolute atomic E-state index is 0.0641. The molecule has 4 rings (SSSR count). The van der Waals surface area contributed by atoms with Gasteiger partial charge in [0.2, 0.25) is 0 Å². The Hall–Kier alpha value is -2.40. The minimum atomic E-state index is -2.08. The van der Waals surface area contributed by atoms with E-state index in [9.17, 15) is 39.6 Å². The van der Waals surface area contributed by atoms with Crippen molar-refractivity contribution in [3.8, 4) is 0 Å². The number of rotatable bonds is 11. The number of hydrogen-bond donors (Lipinski definition) is 6. The highest BCUT2D eigenvalue weighted by Gasteiger charge is 2.57. The zero-order valence-corrected chi connectivity index (χ0v) is 43.1. The number of carbonyl (C=O) groups is 4. The Labute approximate surface area is 397 Å². The highest BCUT2D eigenvalue weighted by atomic mass is 16.7. The van der Waals surface area contributed by atoms with Gasteiger partial charge in [0.1, 0.15) is 35.7 Å². The second-order valence-electron chi connectivity index (χ2n) is 21.4. The van der Waals surface area contributed by atoms with E-state index in [1.807, 2.05) is 35.1 Å². The van der Waals surface area contributed by atoms with Crippen LogP contribution < -0.4 is 9.80 Å². The Kier molecular flexibility index (Phi) is 19.4. The maximum atomic E-state index is 14.7. The van der Waals surface area contributed by atoms with E-state index in [4.69, 9.17) is 42.6 Å². The van der Waals surface area contributed by atoms with Gasteiger partial charge < -0.3 is 72.9 Å². The number of aliphatic hydroxyl groups is 4. The Morgan fingerprint density at radius 2 is 1.31 bits per heavy atom. The van der Waals surface area contributed by atoms with E-state index in [1.165, 1.54) is 27.7 Å². The molecule has 0 aromatic rings. The number of ketones is 1. The Morgan fingerprint density at radius 1 is 0.731 bits per heavy atom. The van der Waals surface area contributed by atoms with Gasteiger partial charge in [-0.15, -0.1) is 0 Å². The molecule has 4 aliphatic heterocycles. The molecule has 4 heterocycles. The molecule has 67 heavy (non-hydrogen) atoms. The van der Waals surface area contributed by atoms with Gasteiger partial charge in [-0.2, -0.15) is 0 Å². The van der Waals surface area contributed by atoms with Crippen molar-refractivity contribution < 1.29 is 92.0 Å². The molecule has 0 aliphatic carbocycles. The molecular formula is C48H86N2O17+2. The van der Waals surface area contributed by atoms with Gasteiger partial charge in [-0.25, -0.2) is 0 Å². The van der Waals surface area contributed by atoms with Crippen LogP contribution in [0.15, 0.2) is 0 Å². The molecule has 4 aliphatic rings. The SMILES string of the molecule is CC[C@H]1OC(=O)[C@H](C)[C@@H](O[C@H]2C[C@@](C)(OC(C)=O)[C@@H](OC(C)=O)[C@H](C)O2)[C@H](C)[C@@H](O[C@H]2O[C@@H](C)C[C@@H]([NH+](C)C)[C@@H]2O)[C@](C)(O[C@H]2C[C@@H]([NH+](C)C)[C@@H](O)[C@H](C)O2)C[C@@H](C)C(=O)[C@H](C)[C@@H](O)[C@]1(C)O. The lowest BCUT2D eigenvalue weighted by molar-refractivity contribution is -0.893. The number of hydrogen-bond acceptors (Lipinski definition) is 17. The molecular weight excluding hydrogens is 877 g/mol. The molecule has 388 valence electrons. The van der Waals surface area contributed by atoms with Crippen molar-refractivity contribution in [1.82, 2.24) is 0 Å². The van der Waals surface area contributed by atoms with Crippen molar-refractivity contribution in [1.29, 1.82) is 0 Å². The van der Waals surface area contributed by atoms with Crippen molar-refractivity contribution in [2.75, 3.05) is 28.2 Å². The van der Waals surface area contributed by atoms with Crippen molar-refractivity contribution in [3.63, 3.8) is 0 Å². The molecule has 19 nitrogen and oxygen atoms in total. The van der Waals surface area contributed by atoms with E-state index in [0.717, 1.165) is 9.80 Å². The second-order valence-corrected chi connectivity index (χ2v) is 21.4. The smallest absolute Gasteiger partial charge is 0.311 e. The lowest BCUT2D eigenvalue weighted by atomic mass is 9.73. The summed E-state index contributed by atoms with van der Waals surface area (Å²) in [5.41, 5.74) is -5.11. The molecule has 0 aromatic carbocycles. The third-order valence-corrected chi connectivity index (χ3v) is 14.9. The molecule has 6 N–H and O–H groups in total. The van der Waals surface area contributed by atoms with Gasteiger partial charge in [0, 0.05) is 44.4 Å². The lowest BCUT2D eigenvalue weighted by Crippen LogP contribution is -3.12. The molecule has 0 amide bonds. The predicted octanol–water partition coefficient (Wildman–Crippen LogP) is -0.111. The van der Waals surface area contributed by atoms with Crippen molar-refractivity contribution in [3.05, 3.63) is 0 Å². The van der Waals surface area contributed by atoms with Crippen LogP contribution in [0.1, 0.15) is 122 Å². The molecule has 0 spiro atoms. The van der Waals surface area contributed by atoms with E-state index in [0.29, 0.717) is 6.42 Å². The summed E-state index contributed by atoms with van der Waals surface area (Å²) in [6.07, 6.45) is -13.1. The fourth-order valence-corrected chi connectivity index (χ4v) is 11.2. The summed E-state index contributed by atoms with van der Waals surface area (Å²) in [5, 5.41) is 47.0. The van der Waals surface area contributed by atoms with Crippen LogP contribution >= 0.6 is 0 Å². The third kappa shape index (κ3) is 13.1. The van der Waals surface area contributed by atoms with E-state index in [-0.39, 0.29) is 43.9 Å². The van der Waals surface area contributed by atoms with Crippen LogP contribution in [-0.4, -0.2) is 181 Å². The highest BCUT2D eigenvalue weighted by molar-refractivity contribution is 5.83. The van der Waals surface area contributed by atoms with Gasteiger partial charge in [-0.3, -0.25) is 19.2 Å². The van der Waals surface area contributed by atoms with Gasteiger partial charge in [0.05, 0.1) is 82.8 Å². The topological polar surface area (TPSA) is 241 Å². The first-order valence-corrected chi connectivity index (χ1v) is 24.3. The Bertz CT molecular complexity index is 1680. The van der Waals surface area contributed by atoms with Gasteiger partial charge in [0.25, 0.3) is 0 Å². The van der Waals surface area contributed by atoms with Gasteiger partial charge in [-0.1, -0.05) is 27.7 Å². The van der Waals surface area contributed by atoms with Gasteiger partial charge >= 0.3 is 17.9 Å². The van der Waals surface area contributed by atoms with Crippen LogP contribution in [0, 0.1) is 23.7 Å². The maximum Gasteiger partial charge on any atom is 0.311 e. The number of nitrogens with one attached hydrogen (secondary N) is 2. The van der Waals surface area contributed by atoms with Crippen molar-refractivity contribution in [2.45, 2.75) is 231 Å². The average Bonchev–Trinajstić information content (AvgIpc) is 3.21. The molecule has 4 fully saturated rings. The summed E-state index contributed by atoms with van der Waals surface area (Å²) in [6.45, 7) is 20.8. The molecule has 4 saturated heterocycles. The fourth-order valence-electron chi connectivity index (χ4n) is 11.2. The molecule has 0 unspecified atom stereocenters. The average molecular weight is 963 g/mol. The number of carbonyl (C=O) groups excluding carboxylic acids is 4. The Balaban J connectivity index is 2.00. The number of quaternary nitrogens is 2. The zero-order chi connectivity index (χ0) is 50.8. The van der Waals surface area contributed by atoms with E-state index in [2.05, 4.69) is 0 Å². The monoisotopic (exact) mass is 963 g/mol. The number of esters is 3. The second kappa shape index (κ2) is 22.8. The highest BCUT2D eigenvalue weighted by Crippen LogP contribution is 2.43. The molecule has 0 bridgehead atoms. The molecule has 19 heteroatoms. The van der Waals surface area contributed by atoms with Crippen LogP contribution in [0.5, 0.6) is 0 Å². The van der Waals surface area contributed by atoms with Gasteiger partial charge in [-0.05, 0) is 61.3 Å². The standard InChI is InChI=1S/C48H84N2O17/c1-18-34-48(13,58)41(56)25(4)37(53)23(2)21-46(11,67-35-20-33(50(16)17)38(54)28(7)60-35)42(65-45-39(55)32(49(14)15)19-24(3)59-45)26(5)40(27(6)44(57)63-34)64-36-22-47(12,66-31(10)52)43(29(8)61-36)62-30(9)51/h23-29,32-36,38-43,45,54-56,58H,18-22H2,1-17H3/p+2/t23-,24+,25+,26+,27-,28+,29+,32-,33-,34-,35+,36+,38+,39+,40+,41-,42-,43+,45-,46-,47-,48-/m1/s1. The van der Waals surface area contributed by atoms with E-state index < -0.39 is 138 Å². The first-order chi connectivity index (χ1) is 30.9. The van der Waals surface area contributed by atoms with Gasteiger partial charge in [0.15, 0.2) is 36.7 Å². The van der Waals surface area contributed by atoms with E-state index >= 15 is 0 Å². The number of cyclic esters (lactones) is 1.